The van der Waals surface area contributed by atoms with Crippen LogP contribution in [-0.4, -0.2) is 52.5 Å². The van der Waals surface area contributed by atoms with Gasteiger partial charge in [0, 0.05) is 18.7 Å². The molecule has 1 aromatic carbocycles. The Hall–Kier alpha value is -3.34. The van der Waals surface area contributed by atoms with Gasteiger partial charge in [0.05, 0.1) is 22.5 Å². The summed E-state index contributed by atoms with van der Waals surface area (Å²) in [5.74, 6) is 1.27. The molecular formula is C25H24N4O6S3. The van der Waals surface area contributed by atoms with Crippen molar-refractivity contribution >= 4 is 55.9 Å². The number of nitrogens with one attached hydrogen (secondary N) is 1. The molecule has 1 aromatic heterocycles. The third-order valence-electron chi connectivity index (χ3n) is 6.76. The maximum Gasteiger partial charge on any atom is 0.270 e. The molecular weight excluding hydrogens is 548 g/mol. The van der Waals surface area contributed by atoms with Gasteiger partial charge in [0.15, 0.2) is 21.3 Å². The maximum atomic E-state index is 13.4. The van der Waals surface area contributed by atoms with Crippen LogP contribution in [0.4, 0.5) is 5.82 Å². The number of anilines is 1. The molecule has 13 heteroatoms. The van der Waals surface area contributed by atoms with Gasteiger partial charge < -0.3 is 14.8 Å². The van der Waals surface area contributed by atoms with E-state index >= 15 is 0 Å². The van der Waals surface area contributed by atoms with Gasteiger partial charge in [-0.15, -0.1) is 0 Å². The highest BCUT2D eigenvalue weighted by Crippen LogP contribution is 2.38. The Morgan fingerprint density at radius 2 is 2.05 bits per heavy atom. The van der Waals surface area contributed by atoms with Crippen LogP contribution in [0.25, 0.3) is 6.08 Å². The molecule has 0 aliphatic carbocycles. The zero-order chi connectivity index (χ0) is 27.2. The summed E-state index contributed by atoms with van der Waals surface area (Å²) in [5, 5.41) is 13.1. The SMILES string of the molecule is CCn1c(NCc2ccc3c(c2)OCO3)c(/C=C2/SC(=S)N(C3CCS(=O)(=O)C3)C2=O)c(C)c(C#N)c1=O. The zero-order valence-corrected chi connectivity index (χ0v) is 23.1. The summed E-state index contributed by atoms with van der Waals surface area (Å²) in [7, 11) is -3.21. The fourth-order valence-electron chi connectivity index (χ4n) is 4.80. The van der Waals surface area contributed by atoms with Gasteiger partial charge in [-0.25, -0.2) is 8.42 Å². The van der Waals surface area contributed by atoms with E-state index in [0.29, 0.717) is 57.2 Å². The third-order valence-corrected chi connectivity index (χ3v) is 9.84. The Balaban J connectivity index is 1.54. The van der Waals surface area contributed by atoms with Crippen molar-refractivity contribution in [2.45, 2.75) is 39.4 Å². The van der Waals surface area contributed by atoms with Crippen molar-refractivity contribution in [1.82, 2.24) is 9.47 Å². The Morgan fingerprint density at radius 3 is 2.74 bits per heavy atom. The van der Waals surface area contributed by atoms with Crippen molar-refractivity contribution in [2.75, 3.05) is 23.6 Å². The summed E-state index contributed by atoms with van der Waals surface area (Å²) in [6.45, 7) is 4.25. The number of sulfone groups is 1. The van der Waals surface area contributed by atoms with Gasteiger partial charge in [-0.3, -0.25) is 19.1 Å². The van der Waals surface area contributed by atoms with Crippen molar-refractivity contribution in [3.8, 4) is 17.6 Å². The lowest BCUT2D eigenvalue weighted by Crippen LogP contribution is -2.39. The molecule has 0 radical (unpaired) electrons. The molecule has 2 saturated heterocycles. The molecule has 1 atom stereocenters. The van der Waals surface area contributed by atoms with Crippen LogP contribution >= 0.6 is 24.0 Å². The number of carbonyl (C=O) groups excluding carboxylic acids is 1. The molecule has 0 spiro atoms. The summed E-state index contributed by atoms with van der Waals surface area (Å²) < 4.78 is 36.6. The van der Waals surface area contributed by atoms with E-state index in [9.17, 15) is 23.3 Å². The number of thiocarbonyl (C=S) groups is 1. The molecule has 5 rings (SSSR count). The molecule has 1 N–H and O–H groups in total. The Labute approximate surface area is 229 Å². The fourth-order valence-corrected chi connectivity index (χ4v) is 7.88. The van der Waals surface area contributed by atoms with E-state index in [2.05, 4.69) is 5.32 Å². The van der Waals surface area contributed by atoms with Crippen LogP contribution < -0.4 is 20.3 Å². The van der Waals surface area contributed by atoms with E-state index in [-0.39, 0.29) is 29.8 Å². The van der Waals surface area contributed by atoms with Crippen molar-refractivity contribution in [3.63, 3.8) is 0 Å². The first kappa shape index (κ1) is 26.3. The Morgan fingerprint density at radius 1 is 1.29 bits per heavy atom. The molecule has 0 saturated carbocycles. The van der Waals surface area contributed by atoms with Crippen LogP contribution in [0.3, 0.4) is 0 Å². The molecule has 1 unspecified atom stereocenters. The molecule has 0 bridgehead atoms. The van der Waals surface area contributed by atoms with Crippen LogP contribution in [0.2, 0.25) is 0 Å². The number of aromatic nitrogens is 1. The smallest absolute Gasteiger partial charge is 0.270 e. The maximum absolute atomic E-state index is 13.4. The average Bonchev–Trinajstić information content (AvgIpc) is 3.56. The highest BCUT2D eigenvalue weighted by molar-refractivity contribution is 8.26. The first-order valence-corrected chi connectivity index (χ1v) is 15.0. The molecule has 10 nitrogen and oxygen atoms in total. The number of rotatable bonds is 6. The highest BCUT2D eigenvalue weighted by atomic mass is 32.2. The van der Waals surface area contributed by atoms with Gasteiger partial charge in [0.25, 0.3) is 11.5 Å². The van der Waals surface area contributed by atoms with Crippen LogP contribution in [0.1, 0.15) is 35.6 Å². The number of nitriles is 1. The van der Waals surface area contributed by atoms with Crippen LogP contribution in [0.5, 0.6) is 11.5 Å². The normalized spacial score (nSPS) is 20.8. The predicted molar refractivity (Wildman–Crippen MR) is 148 cm³/mol. The van der Waals surface area contributed by atoms with E-state index in [1.54, 1.807) is 19.9 Å². The summed E-state index contributed by atoms with van der Waals surface area (Å²) in [6, 6.07) is 7.04. The number of thioether (sulfide) groups is 1. The number of carbonyl (C=O) groups is 1. The van der Waals surface area contributed by atoms with Crippen LogP contribution in [-0.2, 0) is 27.7 Å². The molecule has 3 aliphatic heterocycles. The van der Waals surface area contributed by atoms with Crippen LogP contribution in [0.15, 0.2) is 27.9 Å². The molecule has 1 amide bonds. The quantitative estimate of drug-likeness (QED) is 0.407. The van der Waals surface area contributed by atoms with E-state index < -0.39 is 21.4 Å². The lowest BCUT2D eigenvalue weighted by atomic mass is 10.0. The van der Waals surface area contributed by atoms with Gasteiger partial charge in [-0.1, -0.05) is 30.0 Å². The van der Waals surface area contributed by atoms with E-state index in [1.807, 2.05) is 24.3 Å². The number of nitrogens with zero attached hydrogens (tertiary/aromatic N) is 3. The summed E-state index contributed by atoms with van der Waals surface area (Å²) in [6.07, 6.45) is 1.97. The second kappa shape index (κ2) is 10.1. The summed E-state index contributed by atoms with van der Waals surface area (Å²) >= 11 is 6.53. The average molecular weight is 573 g/mol. The second-order valence-electron chi connectivity index (χ2n) is 9.07. The number of hydrogen-bond acceptors (Lipinski definition) is 10. The topological polar surface area (TPSA) is 131 Å². The first-order chi connectivity index (χ1) is 18.1. The second-order valence-corrected chi connectivity index (χ2v) is 13.0. The molecule has 3 aliphatic rings. The third kappa shape index (κ3) is 4.68. The standard InChI is InChI=1S/C25H24N4O6S3/c1-3-28-22(27-11-15-4-5-19-20(8-15)35-13-34-19)17(14(2)18(10-26)23(28)30)9-21-24(31)29(25(36)37-21)16-6-7-38(32,33)12-16/h4-5,8-9,16,27H,3,6-7,11-13H2,1-2H3/b21-9+. The van der Waals surface area contributed by atoms with Crippen molar-refractivity contribution < 1.29 is 22.7 Å². The number of hydrogen-bond donors (Lipinski definition) is 1. The van der Waals surface area contributed by atoms with E-state index in [0.717, 1.165) is 17.3 Å². The number of amides is 1. The monoisotopic (exact) mass is 572 g/mol. The molecule has 2 aromatic rings. The molecule has 198 valence electrons. The number of benzene rings is 1. The number of fused-ring (bicyclic) bond motifs is 1. The largest absolute Gasteiger partial charge is 0.454 e. The molecule has 4 heterocycles. The Kier molecular flexibility index (Phi) is 6.97. The summed E-state index contributed by atoms with van der Waals surface area (Å²) in [4.78, 5) is 28.2. The van der Waals surface area contributed by atoms with Gasteiger partial charge in [-0.2, -0.15) is 5.26 Å². The highest BCUT2D eigenvalue weighted by Gasteiger charge is 2.42. The lowest BCUT2D eigenvalue weighted by Gasteiger charge is -2.21. The van der Waals surface area contributed by atoms with Gasteiger partial charge >= 0.3 is 0 Å². The van der Waals surface area contributed by atoms with Crippen molar-refractivity contribution in [3.05, 3.63) is 55.7 Å². The number of ether oxygens (including phenoxy) is 2. The molecule has 38 heavy (non-hydrogen) atoms. The van der Waals surface area contributed by atoms with Gasteiger partial charge in [-0.05, 0) is 49.6 Å². The minimum Gasteiger partial charge on any atom is -0.454 e. The summed E-state index contributed by atoms with van der Waals surface area (Å²) in [5.41, 5.74) is 1.39. The van der Waals surface area contributed by atoms with Crippen molar-refractivity contribution in [1.29, 1.82) is 5.26 Å². The van der Waals surface area contributed by atoms with Gasteiger partial charge in [0.1, 0.15) is 21.8 Å². The van der Waals surface area contributed by atoms with E-state index in [1.165, 1.54) is 9.47 Å². The lowest BCUT2D eigenvalue weighted by molar-refractivity contribution is -0.123. The zero-order valence-electron chi connectivity index (χ0n) is 20.6. The Bertz CT molecular complexity index is 1610. The number of pyridine rings is 1. The molecule has 2 fully saturated rings. The minimum atomic E-state index is -3.21. The fraction of sp³-hybridized carbons (Fsp3) is 0.360. The van der Waals surface area contributed by atoms with Gasteiger partial charge in [0.2, 0.25) is 6.79 Å². The minimum absolute atomic E-state index is 0.0101. The predicted octanol–water partition coefficient (Wildman–Crippen LogP) is 2.78. The van der Waals surface area contributed by atoms with E-state index in [4.69, 9.17) is 21.7 Å². The van der Waals surface area contributed by atoms with Crippen LogP contribution in [0, 0.1) is 18.3 Å². The van der Waals surface area contributed by atoms with Crippen molar-refractivity contribution in [2.24, 2.45) is 0 Å². The first-order valence-electron chi connectivity index (χ1n) is 11.9.